The van der Waals surface area contributed by atoms with Crippen molar-refractivity contribution in [3.8, 4) is 0 Å². The van der Waals surface area contributed by atoms with Crippen molar-refractivity contribution in [3.05, 3.63) is 35.4 Å². The maximum absolute atomic E-state index is 5.63. The van der Waals surface area contributed by atoms with E-state index in [4.69, 9.17) is 5.73 Å². The molecule has 1 heteroatoms. The molecule has 0 bridgehead atoms. The zero-order valence-corrected chi connectivity index (χ0v) is 10.5. The molecule has 1 unspecified atom stereocenters. The van der Waals surface area contributed by atoms with E-state index < -0.39 is 0 Å². The van der Waals surface area contributed by atoms with Crippen LogP contribution in [0.1, 0.15) is 43.7 Å². The minimum atomic E-state index is 0.502. The molecule has 0 heterocycles. The van der Waals surface area contributed by atoms with Crippen LogP contribution in [0.3, 0.4) is 0 Å². The third-order valence-corrected chi connectivity index (χ3v) is 3.92. The minimum absolute atomic E-state index is 0.502. The number of aryl methyl sites for hydroxylation is 1. The number of hydrogen-bond donors (Lipinski definition) is 1. The van der Waals surface area contributed by atoms with Gasteiger partial charge in [0.2, 0.25) is 0 Å². The molecule has 0 aromatic heterocycles. The topological polar surface area (TPSA) is 26.0 Å². The predicted octanol–water partition coefficient (Wildman–Crippen LogP) is 3.40. The fourth-order valence-corrected chi connectivity index (χ4v) is 2.72. The molecule has 2 N–H and O–H groups in total. The van der Waals surface area contributed by atoms with Gasteiger partial charge in [0.15, 0.2) is 0 Å². The van der Waals surface area contributed by atoms with Gasteiger partial charge in [-0.1, -0.05) is 36.8 Å². The Morgan fingerprint density at radius 2 is 1.88 bits per heavy atom. The van der Waals surface area contributed by atoms with Crippen LogP contribution in [0, 0.1) is 12.8 Å². The highest BCUT2D eigenvalue weighted by molar-refractivity contribution is 5.33. The van der Waals surface area contributed by atoms with Gasteiger partial charge >= 0.3 is 0 Å². The van der Waals surface area contributed by atoms with E-state index in [1.165, 1.54) is 24.8 Å². The molecule has 1 aromatic carbocycles. The van der Waals surface area contributed by atoms with E-state index in [2.05, 4.69) is 38.1 Å². The number of hydrogen-bond acceptors (Lipinski definition) is 1. The van der Waals surface area contributed by atoms with Gasteiger partial charge < -0.3 is 5.73 Å². The average molecular weight is 217 g/mol. The molecule has 0 spiro atoms. The zero-order chi connectivity index (χ0) is 11.6. The van der Waals surface area contributed by atoms with Crippen LogP contribution in [-0.2, 0) is 5.41 Å². The summed E-state index contributed by atoms with van der Waals surface area (Å²) in [7, 11) is 0. The molecule has 1 nitrogen and oxygen atoms in total. The van der Waals surface area contributed by atoms with E-state index in [0.29, 0.717) is 5.41 Å². The van der Waals surface area contributed by atoms with E-state index in [9.17, 15) is 0 Å². The summed E-state index contributed by atoms with van der Waals surface area (Å²) in [5.74, 6) is 0.758. The van der Waals surface area contributed by atoms with Gasteiger partial charge in [-0.15, -0.1) is 0 Å². The van der Waals surface area contributed by atoms with Crippen LogP contribution in [0.5, 0.6) is 0 Å². The van der Waals surface area contributed by atoms with E-state index in [-0.39, 0.29) is 0 Å². The van der Waals surface area contributed by atoms with Gasteiger partial charge in [-0.2, -0.15) is 0 Å². The number of rotatable bonds is 5. The van der Waals surface area contributed by atoms with Crippen LogP contribution in [0.25, 0.3) is 0 Å². The number of benzene rings is 1. The second-order valence-electron chi connectivity index (χ2n) is 5.53. The van der Waals surface area contributed by atoms with E-state index in [0.717, 1.165) is 18.9 Å². The maximum atomic E-state index is 5.63. The van der Waals surface area contributed by atoms with Crippen LogP contribution in [0.4, 0.5) is 0 Å². The summed E-state index contributed by atoms with van der Waals surface area (Å²) in [4.78, 5) is 0. The lowest BCUT2D eigenvalue weighted by molar-refractivity contribution is 0.432. The summed E-state index contributed by atoms with van der Waals surface area (Å²) < 4.78 is 0. The Labute approximate surface area is 99.0 Å². The van der Waals surface area contributed by atoms with Crippen molar-refractivity contribution in [3.63, 3.8) is 0 Å². The van der Waals surface area contributed by atoms with Crippen molar-refractivity contribution in [2.24, 2.45) is 11.7 Å². The van der Waals surface area contributed by atoms with Gasteiger partial charge in [0.05, 0.1) is 0 Å². The molecule has 88 valence electrons. The van der Waals surface area contributed by atoms with Crippen LogP contribution in [-0.4, -0.2) is 6.54 Å². The monoisotopic (exact) mass is 217 g/mol. The van der Waals surface area contributed by atoms with Crippen molar-refractivity contribution in [1.29, 1.82) is 0 Å². The van der Waals surface area contributed by atoms with Crippen molar-refractivity contribution in [1.82, 2.24) is 0 Å². The van der Waals surface area contributed by atoms with Crippen LogP contribution < -0.4 is 5.73 Å². The average Bonchev–Trinajstić information content (AvgIpc) is 3.00. The summed E-state index contributed by atoms with van der Waals surface area (Å²) in [6.45, 7) is 5.31. The Kier molecular flexibility index (Phi) is 3.34. The predicted molar refractivity (Wildman–Crippen MR) is 69.5 cm³/mol. The van der Waals surface area contributed by atoms with Crippen molar-refractivity contribution >= 4 is 0 Å². The summed E-state index contributed by atoms with van der Waals surface area (Å²) in [6, 6.07) is 9.11. The summed E-state index contributed by atoms with van der Waals surface area (Å²) in [5.41, 5.74) is 9.03. The highest BCUT2D eigenvalue weighted by Gasteiger charge is 2.44. The Balaban J connectivity index is 2.05. The van der Waals surface area contributed by atoms with Gasteiger partial charge in [-0.05, 0) is 56.0 Å². The smallest absolute Gasteiger partial charge is 0.00438 e. The first-order valence-corrected chi connectivity index (χ1v) is 6.43. The molecule has 0 aliphatic heterocycles. The Morgan fingerprint density at radius 1 is 1.25 bits per heavy atom. The fraction of sp³-hybridized carbons (Fsp3) is 0.600. The van der Waals surface area contributed by atoms with Crippen molar-refractivity contribution in [2.75, 3.05) is 6.54 Å². The number of nitrogens with two attached hydrogens (primary N) is 1. The molecule has 1 aromatic rings. The molecule has 0 saturated heterocycles. The standard InChI is InChI=1S/C15H23N/c1-12-3-5-14(6-4-12)15(8-9-15)11-13(2)7-10-16/h3-6,13H,7-11,16H2,1-2H3. The van der Waals surface area contributed by atoms with Gasteiger partial charge in [0, 0.05) is 0 Å². The molecular weight excluding hydrogens is 194 g/mol. The maximum Gasteiger partial charge on any atom is -0.00438 e. The van der Waals surface area contributed by atoms with Gasteiger partial charge in [0.25, 0.3) is 0 Å². The minimum Gasteiger partial charge on any atom is -0.330 e. The quantitative estimate of drug-likeness (QED) is 0.803. The second-order valence-corrected chi connectivity index (χ2v) is 5.53. The molecule has 1 fully saturated rings. The van der Waals surface area contributed by atoms with E-state index in [1.807, 2.05) is 0 Å². The third kappa shape index (κ3) is 2.46. The molecule has 0 radical (unpaired) electrons. The molecule has 2 rings (SSSR count). The fourth-order valence-electron chi connectivity index (χ4n) is 2.72. The van der Waals surface area contributed by atoms with Gasteiger partial charge in [-0.25, -0.2) is 0 Å². The second kappa shape index (κ2) is 4.58. The molecule has 1 aliphatic rings. The SMILES string of the molecule is Cc1ccc(C2(CC(C)CCN)CC2)cc1. The van der Waals surface area contributed by atoms with Crippen molar-refractivity contribution < 1.29 is 0 Å². The lowest BCUT2D eigenvalue weighted by Gasteiger charge is -2.20. The van der Waals surface area contributed by atoms with E-state index >= 15 is 0 Å². The van der Waals surface area contributed by atoms with E-state index in [1.54, 1.807) is 5.56 Å². The lowest BCUT2D eigenvalue weighted by atomic mass is 9.85. The van der Waals surface area contributed by atoms with Crippen LogP contribution >= 0.6 is 0 Å². The normalized spacial score (nSPS) is 19.4. The summed E-state index contributed by atoms with van der Waals surface area (Å²) in [6.07, 6.45) is 5.21. The van der Waals surface area contributed by atoms with Gasteiger partial charge in [0.1, 0.15) is 0 Å². The Bertz CT molecular complexity index is 335. The molecule has 16 heavy (non-hydrogen) atoms. The molecular formula is C15H23N. The molecule has 0 amide bonds. The van der Waals surface area contributed by atoms with Crippen LogP contribution in [0.15, 0.2) is 24.3 Å². The first kappa shape index (κ1) is 11.7. The largest absolute Gasteiger partial charge is 0.330 e. The Hall–Kier alpha value is -0.820. The van der Waals surface area contributed by atoms with Crippen molar-refractivity contribution in [2.45, 2.75) is 44.9 Å². The zero-order valence-electron chi connectivity index (χ0n) is 10.5. The highest BCUT2D eigenvalue weighted by Crippen LogP contribution is 2.52. The summed E-state index contributed by atoms with van der Waals surface area (Å²) in [5, 5.41) is 0. The van der Waals surface area contributed by atoms with Gasteiger partial charge in [-0.3, -0.25) is 0 Å². The molecule has 1 aliphatic carbocycles. The van der Waals surface area contributed by atoms with Crippen LogP contribution in [0.2, 0.25) is 0 Å². The Morgan fingerprint density at radius 3 is 2.38 bits per heavy atom. The first-order valence-electron chi connectivity index (χ1n) is 6.43. The lowest BCUT2D eigenvalue weighted by Crippen LogP contribution is -2.14. The highest BCUT2D eigenvalue weighted by atomic mass is 14.5. The molecule has 1 atom stereocenters. The summed E-state index contributed by atoms with van der Waals surface area (Å²) >= 11 is 0. The first-order chi connectivity index (χ1) is 7.66. The third-order valence-electron chi connectivity index (χ3n) is 3.92. The molecule has 1 saturated carbocycles.